The number of nitrogens with zero attached hydrogens (tertiary/aromatic N) is 3. The third kappa shape index (κ3) is 5.82. The summed E-state index contributed by atoms with van der Waals surface area (Å²) in [5.41, 5.74) is -0.244. The first kappa shape index (κ1) is 22.0. The zero-order chi connectivity index (χ0) is 21.6. The van der Waals surface area contributed by atoms with Crippen molar-refractivity contribution in [2.24, 2.45) is 0 Å². The third-order valence-electron chi connectivity index (χ3n) is 4.22. The number of nitro groups is 1. The zero-order valence-electron chi connectivity index (χ0n) is 16.4. The van der Waals surface area contributed by atoms with Crippen LogP contribution in [0.25, 0.3) is 0 Å². The van der Waals surface area contributed by atoms with E-state index in [0.717, 1.165) is 19.2 Å². The second-order valence-electron chi connectivity index (χ2n) is 6.64. The first-order valence-electron chi connectivity index (χ1n) is 8.78. The average molecular weight is 403 g/mol. The van der Waals surface area contributed by atoms with Gasteiger partial charge in [-0.05, 0) is 26.2 Å². The monoisotopic (exact) mass is 403 g/mol. The average Bonchev–Trinajstić information content (AvgIpc) is 2.70. The molecule has 0 aromatic heterocycles. The van der Waals surface area contributed by atoms with Crippen molar-refractivity contribution in [3.8, 4) is 0 Å². The van der Waals surface area contributed by atoms with Gasteiger partial charge in [0.25, 0.3) is 11.6 Å². The number of rotatable bonds is 8. The summed E-state index contributed by atoms with van der Waals surface area (Å²) in [6.07, 6.45) is 0. The second-order valence-corrected chi connectivity index (χ2v) is 6.64. The van der Waals surface area contributed by atoms with Gasteiger partial charge in [0.2, 0.25) is 0 Å². The van der Waals surface area contributed by atoms with E-state index in [9.17, 15) is 24.1 Å². The lowest BCUT2D eigenvalue weighted by atomic mass is 10.1. The lowest BCUT2D eigenvalue weighted by Crippen LogP contribution is -2.36. The van der Waals surface area contributed by atoms with Gasteiger partial charge in [-0.15, -0.1) is 0 Å². The van der Waals surface area contributed by atoms with E-state index in [2.05, 4.69) is 4.74 Å². The van der Waals surface area contributed by atoms with Gasteiger partial charge >= 0.3 is 5.97 Å². The highest BCUT2D eigenvalue weighted by Gasteiger charge is 2.23. The van der Waals surface area contributed by atoms with Crippen molar-refractivity contribution < 1.29 is 23.6 Å². The number of ether oxygens (including phenoxy) is 1. The molecule has 2 aromatic rings. The molecule has 0 heterocycles. The Kier molecular flexibility index (Phi) is 7.38. The van der Waals surface area contributed by atoms with Crippen LogP contribution in [0.15, 0.2) is 42.5 Å². The normalized spacial score (nSPS) is 10.7. The summed E-state index contributed by atoms with van der Waals surface area (Å²) in [7, 11) is 4.80. The molecule has 154 valence electrons. The van der Waals surface area contributed by atoms with Gasteiger partial charge in [-0.3, -0.25) is 14.9 Å². The molecule has 0 aliphatic carbocycles. The molecule has 9 heteroatoms. The number of carbonyl (C=O) groups is 2. The van der Waals surface area contributed by atoms with E-state index in [1.165, 1.54) is 17.0 Å². The number of methoxy groups -OCH3 is 1. The topological polar surface area (TPSA) is 93.0 Å². The Bertz CT molecular complexity index is 917. The molecule has 1 amide bonds. The number of hydrogen-bond donors (Lipinski definition) is 0. The van der Waals surface area contributed by atoms with Crippen molar-refractivity contribution in [3.63, 3.8) is 0 Å². The number of amides is 1. The van der Waals surface area contributed by atoms with E-state index in [1.54, 1.807) is 18.2 Å². The van der Waals surface area contributed by atoms with Crippen LogP contribution in [-0.4, -0.2) is 60.9 Å². The Morgan fingerprint density at radius 2 is 1.76 bits per heavy atom. The number of non-ortho nitro benzene ring substituents is 1. The molecule has 8 nitrogen and oxygen atoms in total. The van der Waals surface area contributed by atoms with Gasteiger partial charge in [0, 0.05) is 42.9 Å². The predicted octanol–water partition coefficient (Wildman–Crippen LogP) is 2.72. The number of hydrogen-bond acceptors (Lipinski definition) is 6. The Hall–Kier alpha value is -3.33. The minimum Gasteiger partial charge on any atom is -0.465 e. The molecule has 0 radical (unpaired) electrons. The van der Waals surface area contributed by atoms with Crippen molar-refractivity contribution in [3.05, 3.63) is 75.1 Å². The molecule has 0 aliphatic heterocycles. The highest BCUT2D eigenvalue weighted by molar-refractivity contribution is 5.99. The van der Waals surface area contributed by atoms with Crippen molar-refractivity contribution in [1.82, 2.24) is 9.80 Å². The van der Waals surface area contributed by atoms with E-state index in [4.69, 9.17) is 0 Å². The quantitative estimate of drug-likeness (QED) is 0.382. The Balaban J connectivity index is 2.43. The third-order valence-corrected chi connectivity index (χ3v) is 4.22. The Morgan fingerprint density at radius 1 is 1.10 bits per heavy atom. The molecule has 2 rings (SSSR count). The van der Waals surface area contributed by atoms with Gasteiger partial charge in [0.1, 0.15) is 5.82 Å². The van der Waals surface area contributed by atoms with E-state index >= 15 is 0 Å². The van der Waals surface area contributed by atoms with Gasteiger partial charge < -0.3 is 14.5 Å². The zero-order valence-corrected chi connectivity index (χ0v) is 16.4. The lowest BCUT2D eigenvalue weighted by molar-refractivity contribution is -0.384. The SMILES string of the molecule is COC(=O)c1cc(C(=O)N(CCN(C)C)Cc2ccccc2F)cc([N+](=O)[O-])c1. The molecule has 0 N–H and O–H groups in total. The molecule has 0 fully saturated rings. The Labute approximate surface area is 167 Å². The van der Waals surface area contributed by atoms with Crippen LogP contribution in [-0.2, 0) is 11.3 Å². The predicted molar refractivity (Wildman–Crippen MR) is 104 cm³/mol. The van der Waals surface area contributed by atoms with Crippen LogP contribution in [0.5, 0.6) is 0 Å². The number of nitro benzene ring substituents is 1. The molecule has 0 bridgehead atoms. The van der Waals surface area contributed by atoms with Crippen LogP contribution in [0.4, 0.5) is 10.1 Å². The fraction of sp³-hybridized carbons (Fsp3) is 0.300. The summed E-state index contributed by atoms with van der Waals surface area (Å²) >= 11 is 0. The molecule has 0 saturated carbocycles. The maximum Gasteiger partial charge on any atom is 0.338 e. The summed E-state index contributed by atoms with van der Waals surface area (Å²) in [6, 6.07) is 9.46. The van der Waals surface area contributed by atoms with Crippen LogP contribution < -0.4 is 0 Å². The second kappa shape index (κ2) is 9.74. The number of likely N-dealkylation sites (N-methyl/N-ethyl adjacent to an activating group) is 1. The number of carbonyl (C=O) groups excluding carboxylic acids is 2. The van der Waals surface area contributed by atoms with E-state index in [0.29, 0.717) is 12.1 Å². The standard InChI is InChI=1S/C20H22FN3O5/c1-22(2)8-9-23(13-14-6-4-5-7-18(14)21)19(25)15-10-16(20(26)29-3)12-17(11-15)24(27)28/h4-7,10-12H,8-9,13H2,1-3H3. The van der Waals surface area contributed by atoms with Crippen LogP contribution in [0.1, 0.15) is 26.3 Å². The maximum absolute atomic E-state index is 14.1. The molecular weight excluding hydrogens is 381 g/mol. The summed E-state index contributed by atoms with van der Waals surface area (Å²) in [5, 5.41) is 11.2. The molecule has 0 unspecified atom stereocenters. The molecule has 0 atom stereocenters. The first-order valence-corrected chi connectivity index (χ1v) is 8.78. The highest BCUT2D eigenvalue weighted by atomic mass is 19.1. The number of esters is 1. The summed E-state index contributed by atoms with van der Waals surface area (Å²) in [5.74, 6) is -1.80. The minimum atomic E-state index is -0.795. The molecular formula is C20H22FN3O5. The van der Waals surface area contributed by atoms with E-state index < -0.39 is 28.3 Å². The molecule has 2 aromatic carbocycles. The first-order chi connectivity index (χ1) is 13.7. The van der Waals surface area contributed by atoms with Gasteiger partial charge in [0.15, 0.2) is 0 Å². The molecule has 29 heavy (non-hydrogen) atoms. The van der Waals surface area contributed by atoms with Crippen LogP contribution in [0.3, 0.4) is 0 Å². The van der Waals surface area contributed by atoms with Crippen molar-refractivity contribution >= 4 is 17.6 Å². The van der Waals surface area contributed by atoms with Crippen molar-refractivity contribution in [1.29, 1.82) is 0 Å². The largest absolute Gasteiger partial charge is 0.465 e. The molecule has 0 aliphatic rings. The van der Waals surface area contributed by atoms with Gasteiger partial charge in [0.05, 0.1) is 17.6 Å². The number of halogens is 1. The van der Waals surface area contributed by atoms with Crippen molar-refractivity contribution in [2.45, 2.75) is 6.54 Å². The molecule has 0 saturated heterocycles. The van der Waals surface area contributed by atoms with Crippen LogP contribution >= 0.6 is 0 Å². The van der Waals surface area contributed by atoms with Gasteiger partial charge in [-0.25, -0.2) is 9.18 Å². The van der Waals surface area contributed by atoms with Gasteiger partial charge in [-0.1, -0.05) is 18.2 Å². The fourth-order valence-corrected chi connectivity index (χ4v) is 2.66. The minimum absolute atomic E-state index is 0.0183. The van der Waals surface area contributed by atoms with Crippen LogP contribution in [0, 0.1) is 15.9 Å². The summed E-state index contributed by atoms with van der Waals surface area (Å²) in [6.45, 7) is 0.741. The molecule has 0 spiro atoms. The van der Waals surface area contributed by atoms with Gasteiger partial charge in [-0.2, -0.15) is 0 Å². The fourth-order valence-electron chi connectivity index (χ4n) is 2.66. The maximum atomic E-state index is 14.1. The van der Waals surface area contributed by atoms with E-state index in [-0.39, 0.29) is 24.2 Å². The smallest absolute Gasteiger partial charge is 0.338 e. The highest BCUT2D eigenvalue weighted by Crippen LogP contribution is 2.21. The van der Waals surface area contributed by atoms with E-state index in [1.807, 2.05) is 19.0 Å². The summed E-state index contributed by atoms with van der Waals surface area (Å²) in [4.78, 5) is 38.8. The lowest BCUT2D eigenvalue weighted by Gasteiger charge is -2.25. The summed E-state index contributed by atoms with van der Waals surface area (Å²) < 4.78 is 18.7. The number of benzene rings is 2. The van der Waals surface area contributed by atoms with Crippen LogP contribution in [0.2, 0.25) is 0 Å². The Morgan fingerprint density at radius 3 is 2.34 bits per heavy atom. The van der Waals surface area contributed by atoms with Crippen molar-refractivity contribution in [2.75, 3.05) is 34.3 Å².